The number of hydrogen-bond acceptors (Lipinski definition) is 3. The molecule has 104 valence electrons. The highest BCUT2D eigenvalue weighted by molar-refractivity contribution is 5.59. The van der Waals surface area contributed by atoms with Crippen molar-refractivity contribution in [3.05, 3.63) is 78.4 Å². The number of hydrogen-bond donors (Lipinski definition) is 1. The largest absolute Gasteiger partial charge is 0.362 e. The first-order valence-electron chi connectivity index (χ1n) is 7.03. The van der Waals surface area contributed by atoms with Crippen LogP contribution in [0.3, 0.4) is 0 Å². The highest BCUT2D eigenvalue weighted by Gasteiger charge is 2.06. The molecule has 1 atom stereocenters. The summed E-state index contributed by atoms with van der Waals surface area (Å²) < 4.78 is 0. The van der Waals surface area contributed by atoms with Crippen LogP contribution in [0, 0.1) is 0 Å². The SMILES string of the molecule is CC(Nc1ccc(-c2ccccc2)nn1)c1ccccc1. The summed E-state index contributed by atoms with van der Waals surface area (Å²) in [7, 11) is 0. The van der Waals surface area contributed by atoms with Crippen molar-refractivity contribution < 1.29 is 0 Å². The Kier molecular flexibility index (Phi) is 3.92. The number of rotatable bonds is 4. The van der Waals surface area contributed by atoms with Crippen LogP contribution in [0.4, 0.5) is 5.82 Å². The molecule has 0 aliphatic rings. The molecule has 3 nitrogen and oxygen atoms in total. The van der Waals surface area contributed by atoms with Crippen LogP contribution in [0.25, 0.3) is 11.3 Å². The van der Waals surface area contributed by atoms with Gasteiger partial charge in [-0.2, -0.15) is 0 Å². The van der Waals surface area contributed by atoms with Crippen LogP contribution in [-0.2, 0) is 0 Å². The molecule has 3 heteroatoms. The lowest BCUT2D eigenvalue weighted by Crippen LogP contribution is -2.08. The average Bonchev–Trinajstić information content (AvgIpc) is 2.57. The molecule has 0 fully saturated rings. The number of nitrogens with zero attached hydrogens (tertiary/aromatic N) is 2. The molecule has 3 aromatic rings. The van der Waals surface area contributed by atoms with Crippen molar-refractivity contribution in [2.24, 2.45) is 0 Å². The van der Waals surface area contributed by atoms with E-state index in [1.54, 1.807) is 0 Å². The van der Waals surface area contributed by atoms with E-state index in [9.17, 15) is 0 Å². The van der Waals surface area contributed by atoms with Gasteiger partial charge >= 0.3 is 0 Å². The summed E-state index contributed by atoms with van der Waals surface area (Å²) in [5.74, 6) is 0.783. The molecule has 0 aliphatic carbocycles. The lowest BCUT2D eigenvalue weighted by atomic mass is 10.1. The van der Waals surface area contributed by atoms with Gasteiger partial charge in [0.05, 0.1) is 5.69 Å². The first kappa shape index (κ1) is 13.3. The highest BCUT2D eigenvalue weighted by Crippen LogP contribution is 2.19. The molecule has 0 radical (unpaired) electrons. The molecule has 1 aromatic heterocycles. The molecule has 2 aromatic carbocycles. The normalized spacial score (nSPS) is 11.9. The Morgan fingerprint density at radius 1 is 0.762 bits per heavy atom. The monoisotopic (exact) mass is 275 g/mol. The Morgan fingerprint density at radius 3 is 2.05 bits per heavy atom. The molecule has 0 spiro atoms. The minimum absolute atomic E-state index is 0.197. The van der Waals surface area contributed by atoms with Crippen molar-refractivity contribution in [1.82, 2.24) is 10.2 Å². The lowest BCUT2D eigenvalue weighted by molar-refractivity contribution is 0.861. The topological polar surface area (TPSA) is 37.8 Å². The van der Waals surface area contributed by atoms with Gasteiger partial charge in [-0.1, -0.05) is 60.7 Å². The minimum Gasteiger partial charge on any atom is -0.362 e. The maximum Gasteiger partial charge on any atom is 0.149 e. The van der Waals surface area contributed by atoms with Gasteiger partial charge in [-0.05, 0) is 24.6 Å². The van der Waals surface area contributed by atoms with Crippen LogP contribution >= 0.6 is 0 Å². The molecule has 0 saturated heterocycles. The van der Waals surface area contributed by atoms with E-state index < -0.39 is 0 Å². The quantitative estimate of drug-likeness (QED) is 0.770. The maximum atomic E-state index is 4.28. The van der Waals surface area contributed by atoms with Gasteiger partial charge < -0.3 is 5.32 Å². The van der Waals surface area contributed by atoms with Crippen LogP contribution < -0.4 is 5.32 Å². The Morgan fingerprint density at radius 2 is 1.43 bits per heavy atom. The van der Waals surface area contributed by atoms with E-state index in [4.69, 9.17) is 0 Å². The van der Waals surface area contributed by atoms with Gasteiger partial charge in [-0.25, -0.2) is 0 Å². The molecule has 1 N–H and O–H groups in total. The fraction of sp³-hybridized carbons (Fsp3) is 0.111. The third-order valence-corrected chi connectivity index (χ3v) is 3.40. The predicted molar refractivity (Wildman–Crippen MR) is 85.9 cm³/mol. The third kappa shape index (κ3) is 3.26. The van der Waals surface area contributed by atoms with E-state index >= 15 is 0 Å². The standard InChI is InChI=1S/C18H17N3/c1-14(15-8-4-2-5-9-15)19-18-13-12-17(20-21-18)16-10-6-3-7-11-16/h2-14H,1H3,(H,19,21). The van der Waals surface area contributed by atoms with Crippen molar-refractivity contribution in [3.8, 4) is 11.3 Å². The molecule has 21 heavy (non-hydrogen) atoms. The van der Waals surface area contributed by atoms with Crippen LogP contribution in [0.15, 0.2) is 72.8 Å². The summed E-state index contributed by atoms with van der Waals surface area (Å²) in [6.45, 7) is 2.11. The van der Waals surface area contributed by atoms with Gasteiger partial charge in [0.1, 0.15) is 5.82 Å². The third-order valence-electron chi connectivity index (χ3n) is 3.40. The van der Waals surface area contributed by atoms with Gasteiger partial charge in [0.25, 0.3) is 0 Å². The molecular weight excluding hydrogens is 258 g/mol. The fourth-order valence-electron chi connectivity index (χ4n) is 2.22. The first-order valence-corrected chi connectivity index (χ1v) is 7.03. The zero-order valence-corrected chi connectivity index (χ0v) is 11.9. The van der Waals surface area contributed by atoms with E-state index in [1.807, 2.05) is 60.7 Å². The van der Waals surface area contributed by atoms with Gasteiger partial charge in [0, 0.05) is 11.6 Å². The van der Waals surface area contributed by atoms with E-state index in [0.717, 1.165) is 17.1 Å². The molecule has 3 rings (SSSR count). The smallest absolute Gasteiger partial charge is 0.149 e. The van der Waals surface area contributed by atoms with Gasteiger partial charge in [0.15, 0.2) is 0 Å². The molecule has 1 unspecified atom stereocenters. The summed E-state index contributed by atoms with van der Waals surface area (Å²) in [5, 5.41) is 11.9. The first-order chi connectivity index (χ1) is 10.3. The van der Waals surface area contributed by atoms with Crippen LogP contribution in [-0.4, -0.2) is 10.2 Å². The van der Waals surface area contributed by atoms with Crippen molar-refractivity contribution in [3.63, 3.8) is 0 Å². The van der Waals surface area contributed by atoms with Crippen LogP contribution in [0.1, 0.15) is 18.5 Å². The van der Waals surface area contributed by atoms with Crippen molar-refractivity contribution >= 4 is 5.82 Å². The number of nitrogens with one attached hydrogen (secondary N) is 1. The Bertz CT molecular complexity index is 679. The van der Waals surface area contributed by atoms with Crippen molar-refractivity contribution in [1.29, 1.82) is 0 Å². The second kappa shape index (κ2) is 6.18. The Labute approximate surface area is 124 Å². The molecule has 0 bridgehead atoms. The molecule has 0 aliphatic heterocycles. The number of aromatic nitrogens is 2. The van der Waals surface area contributed by atoms with Crippen LogP contribution in [0.2, 0.25) is 0 Å². The summed E-state index contributed by atoms with van der Waals surface area (Å²) in [5.41, 5.74) is 3.19. The van der Waals surface area contributed by atoms with Crippen LogP contribution in [0.5, 0.6) is 0 Å². The fourth-order valence-corrected chi connectivity index (χ4v) is 2.22. The summed E-state index contributed by atoms with van der Waals surface area (Å²) in [4.78, 5) is 0. The highest BCUT2D eigenvalue weighted by atomic mass is 15.2. The second-order valence-electron chi connectivity index (χ2n) is 4.95. The average molecular weight is 275 g/mol. The Hall–Kier alpha value is -2.68. The lowest BCUT2D eigenvalue weighted by Gasteiger charge is -2.14. The zero-order valence-electron chi connectivity index (χ0n) is 11.9. The van der Waals surface area contributed by atoms with Gasteiger partial charge in [-0.3, -0.25) is 0 Å². The van der Waals surface area contributed by atoms with E-state index in [1.165, 1.54) is 5.56 Å². The molecular formula is C18H17N3. The molecule has 0 amide bonds. The summed E-state index contributed by atoms with van der Waals surface area (Å²) >= 11 is 0. The number of benzene rings is 2. The molecule has 0 saturated carbocycles. The van der Waals surface area contributed by atoms with Gasteiger partial charge in [-0.15, -0.1) is 10.2 Å². The maximum absolute atomic E-state index is 4.28. The van der Waals surface area contributed by atoms with Gasteiger partial charge in [0.2, 0.25) is 0 Å². The minimum atomic E-state index is 0.197. The van der Waals surface area contributed by atoms with E-state index in [0.29, 0.717) is 0 Å². The number of anilines is 1. The zero-order chi connectivity index (χ0) is 14.5. The van der Waals surface area contributed by atoms with E-state index in [-0.39, 0.29) is 6.04 Å². The molecule has 1 heterocycles. The summed E-state index contributed by atoms with van der Waals surface area (Å²) in [6, 6.07) is 24.5. The van der Waals surface area contributed by atoms with Crippen molar-refractivity contribution in [2.45, 2.75) is 13.0 Å². The second-order valence-corrected chi connectivity index (χ2v) is 4.95. The predicted octanol–water partition coefficient (Wildman–Crippen LogP) is 4.32. The van der Waals surface area contributed by atoms with E-state index in [2.05, 4.69) is 34.6 Å². The Balaban J connectivity index is 1.73. The van der Waals surface area contributed by atoms with Crippen molar-refractivity contribution in [2.75, 3.05) is 5.32 Å². The summed E-state index contributed by atoms with van der Waals surface area (Å²) in [6.07, 6.45) is 0.